The summed E-state index contributed by atoms with van der Waals surface area (Å²) in [5, 5.41) is 6.61. The summed E-state index contributed by atoms with van der Waals surface area (Å²) >= 11 is 1.56. The van der Waals surface area contributed by atoms with Crippen LogP contribution < -0.4 is 10.6 Å². The van der Waals surface area contributed by atoms with E-state index in [0.29, 0.717) is 19.6 Å². The number of ether oxygens (including phenoxy) is 2. The standard InChI is InChI=1S/C27H32N2O4S/c1-3-22-23-12-11-19(17-33-27(31)28-16-21-10-7-13-32-21)15-24(23)34-26(22)29-25(30)14-18(2)20-8-5-4-6-9-20/h1,4-6,8-9,18-19,21H,7,10-17H2,2H3,(H,28,31)(H,29,30). The van der Waals surface area contributed by atoms with Gasteiger partial charge in [0, 0.05) is 24.4 Å². The third kappa shape index (κ3) is 6.19. The lowest BCUT2D eigenvalue weighted by atomic mass is 9.87. The van der Waals surface area contributed by atoms with Crippen LogP contribution in [0.2, 0.25) is 0 Å². The van der Waals surface area contributed by atoms with E-state index in [2.05, 4.69) is 23.5 Å². The number of benzene rings is 1. The molecule has 0 radical (unpaired) electrons. The number of terminal acetylenes is 1. The van der Waals surface area contributed by atoms with Crippen LogP contribution in [0.5, 0.6) is 0 Å². The number of rotatable bonds is 8. The van der Waals surface area contributed by atoms with Crippen molar-refractivity contribution in [3.63, 3.8) is 0 Å². The second-order valence-electron chi connectivity index (χ2n) is 9.14. The molecule has 2 aromatic rings. The van der Waals surface area contributed by atoms with Crippen LogP contribution in [0.1, 0.15) is 60.1 Å². The van der Waals surface area contributed by atoms with Crippen LogP contribution in [0.25, 0.3) is 0 Å². The lowest BCUT2D eigenvalue weighted by Crippen LogP contribution is -2.33. The molecule has 3 unspecified atom stereocenters. The maximum Gasteiger partial charge on any atom is 0.407 e. The van der Waals surface area contributed by atoms with E-state index in [-0.39, 0.29) is 23.8 Å². The number of carbonyl (C=O) groups excluding carboxylic acids is 2. The Labute approximate surface area is 205 Å². The van der Waals surface area contributed by atoms with Crippen LogP contribution in [-0.4, -0.2) is 37.9 Å². The number of anilines is 1. The molecule has 2 N–H and O–H groups in total. The topological polar surface area (TPSA) is 76.7 Å². The third-order valence-corrected chi connectivity index (χ3v) is 7.74. The van der Waals surface area contributed by atoms with Crippen molar-refractivity contribution in [3.05, 3.63) is 51.9 Å². The Morgan fingerprint density at radius 1 is 1.29 bits per heavy atom. The molecule has 1 saturated heterocycles. The fraction of sp³-hybridized carbons (Fsp3) is 0.481. The predicted molar refractivity (Wildman–Crippen MR) is 134 cm³/mol. The Hall–Kier alpha value is -2.82. The van der Waals surface area contributed by atoms with Gasteiger partial charge in [-0.3, -0.25) is 4.79 Å². The van der Waals surface area contributed by atoms with Gasteiger partial charge in [0.25, 0.3) is 0 Å². The number of thiophene rings is 1. The molecule has 1 aromatic heterocycles. The molecule has 2 heterocycles. The van der Waals surface area contributed by atoms with Gasteiger partial charge in [-0.15, -0.1) is 17.8 Å². The normalized spacial score (nSPS) is 20.1. The summed E-state index contributed by atoms with van der Waals surface area (Å²) in [7, 11) is 0. The Bertz CT molecular complexity index is 1040. The zero-order chi connectivity index (χ0) is 23.9. The van der Waals surface area contributed by atoms with Gasteiger partial charge in [0.2, 0.25) is 5.91 Å². The van der Waals surface area contributed by atoms with E-state index in [9.17, 15) is 9.59 Å². The highest BCUT2D eigenvalue weighted by Gasteiger charge is 2.27. The summed E-state index contributed by atoms with van der Waals surface area (Å²) in [6.45, 7) is 3.69. The molecular weight excluding hydrogens is 448 g/mol. The van der Waals surface area contributed by atoms with Crippen molar-refractivity contribution in [1.29, 1.82) is 0 Å². The fourth-order valence-corrected chi connectivity index (χ4v) is 5.98. The molecular formula is C27H32N2O4S. The van der Waals surface area contributed by atoms with Gasteiger partial charge in [0.1, 0.15) is 5.00 Å². The second-order valence-corrected chi connectivity index (χ2v) is 10.2. The summed E-state index contributed by atoms with van der Waals surface area (Å²) < 4.78 is 11.0. The highest BCUT2D eigenvalue weighted by Crippen LogP contribution is 2.39. The summed E-state index contributed by atoms with van der Waals surface area (Å²) in [4.78, 5) is 26.0. The average Bonchev–Trinajstić information content (AvgIpc) is 3.48. The van der Waals surface area contributed by atoms with E-state index < -0.39 is 6.09 Å². The van der Waals surface area contributed by atoms with Gasteiger partial charge in [0.15, 0.2) is 0 Å². The molecule has 1 aliphatic heterocycles. The first-order valence-corrected chi connectivity index (χ1v) is 12.8. The molecule has 34 heavy (non-hydrogen) atoms. The van der Waals surface area contributed by atoms with Crippen molar-refractivity contribution in [2.24, 2.45) is 5.92 Å². The SMILES string of the molecule is C#Cc1c(NC(=O)CC(C)c2ccccc2)sc2c1CCC(COC(=O)NCC1CCCO1)C2. The van der Waals surface area contributed by atoms with Gasteiger partial charge in [-0.25, -0.2) is 4.79 Å². The van der Waals surface area contributed by atoms with E-state index in [1.165, 1.54) is 4.88 Å². The Kier molecular flexibility index (Phi) is 8.25. The van der Waals surface area contributed by atoms with Crippen molar-refractivity contribution in [3.8, 4) is 12.3 Å². The molecule has 7 heteroatoms. The average molecular weight is 481 g/mol. The number of nitrogens with one attached hydrogen (secondary N) is 2. The molecule has 0 saturated carbocycles. The maximum atomic E-state index is 12.7. The van der Waals surface area contributed by atoms with Gasteiger partial charge < -0.3 is 20.1 Å². The van der Waals surface area contributed by atoms with Gasteiger partial charge in [0.05, 0.1) is 18.3 Å². The van der Waals surface area contributed by atoms with Crippen molar-refractivity contribution >= 4 is 28.3 Å². The first kappa shape index (κ1) is 24.3. The van der Waals surface area contributed by atoms with Crippen LogP contribution in [0.4, 0.5) is 9.80 Å². The van der Waals surface area contributed by atoms with Crippen LogP contribution in [0, 0.1) is 18.3 Å². The zero-order valence-electron chi connectivity index (χ0n) is 19.6. The van der Waals surface area contributed by atoms with Gasteiger partial charge >= 0.3 is 6.09 Å². The Morgan fingerprint density at radius 2 is 2.12 bits per heavy atom. The van der Waals surface area contributed by atoms with Crippen LogP contribution in [-0.2, 0) is 27.1 Å². The largest absolute Gasteiger partial charge is 0.449 e. The number of carbonyl (C=O) groups is 2. The summed E-state index contributed by atoms with van der Waals surface area (Å²) in [5.41, 5.74) is 3.09. The molecule has 0 bridgehead atoms. The smallest absolute Gasteiger partial charge is 0.407 e. The molecule has 2 aliphatic rings. The molecule has 3 atom stereocenters. The minimum absolute atomic E-state index is 0.0331. The highest BCUT2D eigenvalue weighted by molar-refractivity contribution is 7.16. The van der Waals surface area contributed by atoms with E-state index in [0.717, 1.165) is 60.4 Å². The van der Waals surface area contributed by atoms with Crippen LogP contribution >= 0.6 is 11.3 Å². The quantitative estimate of drug-likeness (QED) is 0.529. The summed E-state index contributed by atoms with van der Waals surface area (Å²) in [5.74, 6) is 3.12. The molecule has 2 amide bonds. The molecule has 6 nitrogen and oxygen atoms in total. The summed E-state index contributed by atoms with van der Waals surface area (Å²) in [6.07, 6.45) is 10.5. The Morgan fingerprint density at radius 3 is 2.85 bits per heavy atom. The van der Waals surface area contributed by atoms with Crippen LogP contribution in [0.15, 0.2) is 30.3 Å². The van der Waals surface area contributed by atoms with E-state index in [1.54, 1.807) is 11.3 Å². The Balaban J connectivity index is 1.29. The predicted octanol–water partition coefficient (Wildman–Crippen LogP) is 4.87. The number of amides is 2. The molecule has 180 valence electrons. The number of fused-ring (bicyclic) bond motifs is 1. The fourth-order valence-electron chi connectivity index (χ4n) is 4.64. The summed E-state index contributed by atoms with van der Waals surface area (Å²) in [6, 6.07) is 10.0. The molecule has 1 aliphatic carbocycles. The molecule has 4 rings (SSSR count). The molecule has 1 fully saturated rings. The van der Waals surface area contributed by atoms with Crippen molar-refractivity contribution in [2.45, 2.75) is 57.5 Å². The minimum Gasteiger partial charge on any atom is -0.449 e. The van der Waals surface area contributed by atoms with Crippen molar-refractivity contribution in [1.82, 2.24) is 5.32 Å². The molecule has 0 spiro atoms. The molecule has 1 aromatic carbocycles. The maximum absolute atomic E-state index is 12.7. The van der Waals surface area contributed by atoms with Gasteiger partial charge in [-0.1, -0.05) is 43.2 Å². The first-order valence-electron chi connectivity index (χ1n) is 12.0. The first-order chi connectivity index (χ1) is 16.5. The van der Waals surface area contributed by atoms with Gasteiger partial charge in [-0.2, -0.15) is 0 Å². The minimum atomic E-state index is -0.391. The van der Waals surface area contributed by atoms with E-state index in [4.69, 9.17) is 15.9 Å². The lowest BCUT2D eigenvalue weighted by molar-refractivity contribution is -0.116. The van der Waals surface area contributed by atoms with Crippen molar-refractivity contribution < 1.29 is 19.1 Å². The zero-order valence-corrected chi connectivity index (χ0v) is 20.4. The van der Waals surface area contributed by atoms with Crippen molar-refractivity contribution in [2.75, 3.05) is 25.1 Å². The highest BCUT2D eigenvalue weighted by atomic mass is 32.1. The second kappa shape index (κ2) is 11.5. The monoisotopic (exact) mass is 480 g/mol. The number of alkyl carbamates (subject to hydrolysis) is 1. The lowest BCUT2D eigenvalue weighted by Gasteiger charge is -2.22. The van der Waals surface area contributed by atoms with Crippen LogP contribution in [0.3, 0.4) is 0 Å². The number of hydrogen-bond donors (Lipinski definition) is 2. The van der Waals surface area contributed by atoms with E-state index in [1.807, 2.05) is 30.3 Å². The third-order valence-electron chi connectivity index (χ3n) is 6.57. The van der Waals surface area contributed by atoms with Gasteiger partial charge in [-0.05, 0) is 55.1 Å². The number of hydrogen-bond acceptors (Lipinski definition) is 5. The van der Waals surface area contributed by atoms with E-state index >= 15 is 0 Å².